The Morgan fingerprint density at radius 3 is 2.62 bits per heavy atom. The molecule has 0 aliphatic carbocycles. The first-order valence-electron chi connectivity index (χ1n) is 10.4. The van der Waals surface area contributed by atoms with E-state index in [0.29, 0.717) is 37.9 Å². The zero-order chi connectivity index (χ0) is 23.8. The molecule has 1 aromatic heterocycles. The highest BCUT2D eigenvalue weighted by Gasteiger charge is 2.17. The summed E-state index contributed by atoms with van der Waals surface area (Å²) in [6.07, 6.45) is 3.52. The van der Waals surface area contributed by atoms with Gasteiger partial charge in [-0.1, -0.05) is 36.4 Å². The molecule has 34 heavy (non-hydrogen) atoms. The number of nitrogens with zero attached hydrogens (tertiary/aromatic N) is 6. The average Bonchev–Trinajstić information content (AvgIpc) is 2.85. The third-order valence-electron chi connectivity index (χ3n) is 4.69. The van der Waals surface area contributed by atoms with Gasteiger partial charge >= 0.3 is 0 Å². The van der Waals surface area contributed by atoms with Crippen LogP contribution in [0.1, 0.15) is 5.56 Å². The van der Waals surface area contributed by atoms with Crippen LogP contribution in [0, 0.1) is 10.1 Å². The van der Waals surface area contributed by atoms with Crippen LogP contribution in [-0.2, 0) is 4.74 Å². The predicted octanol–water partition coefficient (Wildman–Crippen LogP) is 4.19. The Labute approximate surface area is 203 Å². The fourth-order valence-corrected chi connectivity index (χ4v) is 3.47. The topological polar surface area (TPSA) is 131 Å². The minimum atomic E-state index is -0.458. The number of non-ortho nitro benzene ring substituents is 1. The Morgan fingerprint density at radius 1 is 1.09 bits per heavy atom. The third-order valence-corrected chi connectivity index (χ3v) is 5.12. The first-order chi connectivity index (χ1) is 16.6. The molecule has 0 atom stereocenters. The summed E-state index contributed by atoms with van der Waals surface area (Å²) < 4.78 is 6.16. The lowest BCUT2D eigenvalue weighted by molar-refractivity contribution is -0.384. The van der Waals surface area contributed by atoms with Crippen LogP contribution in [0.25, 0.3) is 6.08 Å². The van der Waals surface area contributed by atoms with E-state index < -0.39 is 4.92 Å². The van der Waals surface area contributed by atoms with Gasteiger partial charge in [-0.15, -0.1) is 0 Å². The van der Waals surface area contributed by atoms with Crippen LogP contribution in [-0.4, -0.2) is 52.4 Å². The van der Waals surface area contributed by atoms with E-state index in [0.717, 1.165) is 10.0 Å². The molecular weight excluding hydrogens is 504 g/mol. The molecule has 2 aromatic carbocycles. The van der Waals surface area contributed by atoms with Gasteiger partial charge in [0.15, 0.2) is 0 Å². The monoisotopic (exact) mass is 524 g/mol. The fourth-order valence-electron chi connectivity index (χ4n) is 3.10. The van der Waals surface area contributed by atoms with Crippen LogP contribution in [0.3, 0.4) is 0 Å². The molecule has 2 N–H and O–H groups in total. The van der Waals surface area contributed by atoms with E-state index in [1.807, 2.05) is 41.3 Å². The van der Waals surface area contributed by atoms with E-state index >= 15 is 0 Å². The van der Waals surface area contributed by atoms with E-state index in [4.69, 9.17) is 4.74 Å². The van der Waals surface area contributed by atoms with Crippen molar-refractivity contribution >= 4 is 57.4 Å². The van der Waals surface area contributed by atoms with Crippen LogP contribution in [0.15, 0.2) is 64.2 Å². The molecule has 2 heterocycles. The summed E-state index contributed by atoms with van der Waals surface area (Å²) in [5, 5.41) is 18.3. The van der Waals surface area contributed by atoms with Crippen molar-refractivity contribution in [2.24, 2.45) is 5.10 Å². The number of allylic oxidation sites excluding steroid dienone is 1. The highest BCUT2D eigenvalue weighted by atomic mass is 79.9. The zero-order valence-corrected chi connectivity index (χ0v) is 19.6. The van der Waals surface area contributed by atoms with E-state index in [1.165, 1.54) is 12.1 Å². The molecule has 1 aliphatic heterocycles. The van der Waals surface area contributed by atoms with Crippen molar-refractivity contribution in [3.63, 3.8) is 0 Å². The van der Waals surface area contributed by atoms with E-state index in [1.54, 1.807) is 18.3 Å². The SMILES string of the molecule is O=[N+]([O-])c1cccc(Nc2nc(NN=CC(Br)=Cc3ccccc3)nc(N3CCOCC3)n2)c1. The number of benzene rings is 2. The van der Waals surface area contributed by atoms with Gasteiger partial charge in [0, 0.05) is 35.4 Å². The van der Waals surface area contributed by atoms with Gasteiger partial charge in [-0.2, -0.15) is 20.1 Å². The molecule has 3 aromatic rings. The molecule has 0 bridgehead atoms. The molecule has 4 rings (SSSR count). The molecule has 1 aliphatic rings. The van der Waals surface area contributed by atoms with E-state index in [-0.39, 0.29) is 17.6 Å². The number of halogens is 1. The summed E-state index contributed by atoms with van der Waals surface area (Å²) in [6.45, 7) is 2.40. The number of hydrogen-bond acceptors (Lipinski definition) is 10. The van der Waals surface area contributed by atoms with Crippen molar-refractivity contribution in [1.29, 1.82) is 0 Å². The van der Waals surface area contributed by atoms with E-state index in [2.05, 4.69) is 46.7 Å². The smallest absolute Gasteiger partial charge is 0.271 e. The summed E-state index contributed by atoms with van der Waals surface area (Å²) in [6, 6.07) is 15.9. The molecule has 174 valence electrons. The van der Waals surface area contributed by atoms with Crippen LogP contribution in [0.2, 0.25) is 0 Å². The van der Waals surface area contributed by atoms with Crippen molar-refractivity contribution in [2.75, 3.05) is 41.9 Å². The van der Waals surface area contributed by atoms with Gasteiger partial charge in [0.25, 0.3) is 5.69 Å². The lowest BCUT2D eigenvalue weighted by Gasteiger charge is -2.27. The van der Waals surface area contributed by atoms with Gasteiger partial charge in [0.05, 0.1) is 24.4 Å². The van der Waals surface area contributed by atoms with Gasteiger partial charge in [-0.05, 0) is 33.6 Å². The van der Waals surface area contributed by atoms with Crippen LogP contribution >= 0.6 is 15.9 Å². The molecule has 12 heteroatoms. The molecule has 0 amide bonds. The maximum absolute atomic E-state index is 11.1. The molecular formula is C22H21BrN8O3. The number of rotatable bonds is 8. The number of aromatic nitrogens is 3. The Kier molecular flexibility index (Phi) is 7.73. The molecule has 1 fully saturated rings. The van der Waals surface area contributed by atoms with Crippen molar-refractivity contribution in [1.82, 2.24) is 15.0 Å². The summed E-state index contributed by atoms with van der Waals surface area (Å²) >= 11 is 3.47. The molecule has 0 spiro atoms. The Balaban J connectivity index is 1.55. The van der Waals surface area contributed by atoms with Crippen molar-refractivity contribution in [3.05, 3.63) is 74.8 Å². The number of morpholine rings is 1. The van der Waals surface area contributed by atoms with Gasteiger partial charge in [0.2, 0.25) is 17.8 Å². The minimum Gasteiger partial charge on any atom is -0.378 e. The molecule has 1 saturated heterocycles. The standard InChI is InChI=1S/C22H21BrN8O3/c23-17(13-16-5-2-1-3-6-16)15-24-29-21-26-20(25-18-7-4-8-19(14-18)31(32)33)27-22(28-21)30-9-11-34-12-10-30/h1-8,13-15H,9-12H2,(H2,25,26,27,28,29). The second-order valence-corrected chi connectivity index (χ2v) is 8.04. The number of ether oxygens (including phenoxy) is 1. The van der Waals surface area contributed by atoms with Crippen LogP contribution < -0.4 is 15.6 Å². The number of hydrogen-bond donors (Lipinski definition) is 2. The maximum Gasteiger partial charge on any atom is 0.271 e. The van der Waals surface area contributed by atoms with E-state index in [9.17, 15) is 10.1 Å². The van der Waals surface area contributed by atoms with Crippen molar-refractivity contribution in [3.8, 4) is 0 Å². The van der Waals surface area contributed by atoms with Crippen molar-refractivity contribution in [2.45, 2.75) is 0 Å². The Bertz CT molecular complexity index is 1200. The minimum absolute atomic E-state index is 0.0366. The average molecular weight is 525 g/mol. The number of nitrogens with one attached hydrogen (secondary N) is 2. The second-order valence-electron chi connectivity index (χ2n) is 7.12. The number of anilines is 4. The zero-order valence-electron chi connectivity index (χ0n) is 18.0. The van der Waals surface area contributed by atoms with Gasteiger partial charge < -0.3 is 15.0 Å². The first-order valence-corrected chi connectivity index (χ1v) is 11.2. The predicted molar refractivity (Wildman–Crippen MR) is 135 cm³/mol. The lowest BCUT2D eigenvalue weighted by atomic mass is 10.2. The number of nitro groups is 1. The summed E-state index contributed by atoms with van der Waals surface area (Å²) in [5.41, 5.74) is 4.30. The lowest BCUT2D eigenvalue weighted by Crippen LogP contribution is -2.37. The number of hydrazone groups is 1. The Morgan fingerprint density at radius 2 is 1.85 bits per heavy atom. The third kappa shape index (κ3) is 6.56. The molecule has 0 radical (unpaired) electrons. The summed E-state index contributed by atoms with van der Waals surface area (Å²) in [7, 11) is 0. The highest BCUT2D eigenvalue weighted by molar-refractivity contribution is 9.12. The highest BCUT2D eigenvalue weighted by Crippen LogP contribution is 2.22. The van der Waals surface area contributed by atoms with Crippen LogP contribution in [0.5, 0.6) is 0 Å². The van der Waals surface area contributed by atoms with Crippen molar-refractivity contribution < 1.29 is 9.66 Å². The van der Waals surface area contributed by atoms with Crippen LogP contribution in [0.4, 0.5) is 29.2 Å². The number of nitro benzene ring substituents is 1. The molecule has 0 saturated carbocycles. The fraction of sp³-hybridized carbons (Fsp3) is 0.182. The van der Waals surface area contributed by atoms with Gasteiger partial charge in [-0.3, -0.25) is 10.1 Å². The largest absolute Gasteiger partial charge is 0.378 e. The van der Waals surface area contributed by atoms with Gasteiger partial charge in [0.1, 0.15) is 0 Å². The maximum atomic E-state index is 11.1. The normalized spacial score (nSPS) is 14.3. The quantitative estimate of drug-likeness (QED) is 0.253. The summed E-state index contributed by atoms with van der Waals surface area (Å²) in [5.74, 6) is 0.900. The van der Waals surface area contributed by atoms with Gasteiger partial charge in [-0.25, -0.2) is 5.43 Å². The summed E-state index contributed by atoms with van der Waals surface area (Å²) in [4.78, 5) is 25.9. The second kappa shape index (κ2) is 11.3. The molecule has 11 nitrogen and oxygen atoms in total. The Hall–Kier alpha value is -3.90. The molecule has 0 unspecified atom stereocenters. The first kappa shape index (κ1) is 23.3.